The van der Waals surface area contributed by atoms with Gasteiger partial charge in [0.1, 0.15) is 30.1 Å². The molecule has 14 heteroatoms. The largest absolute Gasteiger partial charge is 0.491 e. The Morgan fingerprint density at radius 2 is 1.92 bits per heavy atom. The van der Waals surface area contributed by atoms with Crippen molar-refractivity contribution in [3.63, 3.8) is 0 Å². The summed E-state index contributed by atoms with van der Waals surface area (Å²) >= 11 is 3.56. The number of guanidine groups is 1. The number of aliphatic hydroxyl groups excluding tert-OH is 1. The molecule has 2 heterocycles. The summed E-state index contributed by atoms with van der Waals surface area (Å²) in [6.07, 6.45) is 2.66. The molecule has 2 aromatic carbocycles. The number of amides is 1. The summed E-state index contributed by atoms with van der Waals surface area (Å²) in [6.45, 7) is 8.86. The fourth-order valence-corrected chi connectivity index (χ4v) is 6.14. The number of ether oxygens (including phenoxy) is 3. The standard InChI is InChI=1S/C35H43BrN6O7/c1-21(33(46)49-28-10-6-7-23-24(28)8-5-9-27(23)47-20-22(43)19-40-35(2,3)4)48-30(45)14-13-29(44)42-18-17-39-34(42)41-25-11-12-26-32(31(25)36)38-16-15-37-26/h5,8-9,11-12,15-16,21-22,28,40,43H,6-7,10,13-14,17-20H2,1-4H3,(H,39,41). The monoisotopic (exact) mass is 738 g/mol. The van der Waals surface area contributed by atoms with Gasteiger partial charge < -0.3 is 30.0 Å². The number of nitrogens with one attached hydrogen (secondary N) is 2. The van der Waals surface area contributed by atoms with Crippen LogP contribution in [0.25, 0.3) is 11.0 Å². The quantitative estimate of drug-likeness (QED) is 0.225. The number of aromatic nitrogens is 2. The highest BCUT2D eigenvalue weighted by Crippen LogP contribution is 2.38. The van der Waals surface area contributed by atoms with Crippen LogP contribution >= 0.6 is 15.9 Å². The Hall–Kier alpha value is -4.14. The Labute approximate surface area is 294 Å². The summed E-state index contributed by atoms with van der Waals surface area (Å²) in [4.78, 5) is 53.3. The van der Waals surface area contributed by atoms with Crippen molar-refractivity contribution in [1.29, 1.82) is 0 Å². The molecule has 3 unspecified atom stereocenters. The zero-order chi connectivity index (χ0) is 35.1. The van der Waals surface area contributed by atoms with Gasteiger partial charge in [0.2, 0.25) is 11.9 Å². The van der Waals surface area contributed by atoms with Gasteiger partial charge in [-0.3, -0.25) is 29.4 Å². The summed E-state index contributed by atoms with van der Waals surface area (Å²) in [5.41, 5.74) is 3.71. The predicted molar refractivity (Wildman–Crippen MR) is 187 cm³/mol. The second kappa shape index (κ2) is 16.0. The highest BCUT2D eigenvalue weighted by atomic mass is 79.9. The lowest BCUT2D eigenvalue weighted by molar-refractivity contribution is -0.171. The van der Waals surface area contributed by atoms with Crippen LogP contribution in [-0.4, -0.2) is 87.8 Å². The number of hydrogen-bond acceptors (Lipinski definition) is 12. The van der Waals surface area contributed by atoms with E-state index in [0.717, 1.165) is 29.5 Å². The van der Waals surface area contributed by atoms with E-state index in [1.807, 2.05) is 51.1 Å². The van der Waals surface area contributed by atoms with E-state index in [2.05, 4.69) is 41.5 Å². The van der Waals surface area contributed by atoms with Gasteiger partial charge in [-0.15, -0.1) is 0 Å². The van der Waals surface area contributed by atoms with E-state index in [-0.39, 0.29) is 30.9 Å². The first-order valence-corrected chi connectivity index (χ1v) is 17.3. The van der Waals surface area contributed by atoms with Gasteiger partial charge in [0.15, 0.2) is 6.10 Å². The number of anilines is 1. The normalized spacial score (nSPS) is 17.1. The van der Waals surface area contributed by atoms with Gasteiger partial charge in [-0.1, -0.05) is 12.1 Å². The van der Waals surface area contributed by atoms with E-state index in [1.165, 1.54) is 11.8 Å². The number of β-amino-alcohol motifs (C(OH)–C–C–N with tert-alkyl or cyclic N) is 1. The second-order valence-electron chi connectivity index (χ2n) is 13.1. The lowest BCUT2D eigenvalue weighted by Gasteiger charge is -2.28. The van der Waals surface area contributed by atoms with Crippen LogP contribution in [-0.2, 0) is 30.3 Å². The number of rotatable bonds is 12. The molecule has 49 heavy (non-hydrogen) atoms. The van der Waals surface area contributed by atoms with Crippen molar-refractivity contribution in [3.05, 3.63) is 58.3 Å². The second-order valence-corrected chi connectivity index (χ2v) is 13.9. The minimum absolute atomic E-state index is 0.119. The van der Waals surface area contributed by atoms with Gasteiger partial charge in [0, 0.05) is 43.0 Å². The van der Waals surface area contributed by atoms with Crippen molar-refractivity contribution >= 4 is 56.5 Å². The van der Waals surface area contributed by atoms with Crippen LogP contribution in [0.2, 0.25) is 0 Å². The molecule has 2 aliphatic rings. The fraction of sp³-hybridized carbons (Fsp3) is 0.486. The van der Waals surface area contributed by atoms with Crippen LogP contribution in [0.1, 0.15) is 70.6 Å². The van der Waals surface area contributed by atoms with E-state index in [1.54, 1.807) is 12.4 Å². The molecule has 0 radical (unpaired) electrons. The number of benzene rings is 2. The number of aliphatic hydroxyl groups is 1. The van der Waals surface area contributed by atoms with Gasteiger partial charge in [0.25, 0.3) is 0 Å². The molecule has 1 aromatic heterocycles. The molecule has 3 N–H and O–H groups in total. The van der Waals surface area contributed by atoms with Crippen LogP contribution < -0.4 is 15.4 Å². The van der Waals surface area contributed by atoms with Gasteiger partial charge in [-0.2, -0.15) is 0 Å². The molecule has 13 nitrogen and oxygen atoms in total. The number of carbonyl (C=O) groups is 3. The molecule has 0 bridgehead atoms. The molecule has 1 aliphatic heterocycles. The maximum absolute atomic E-state index is 13.1. The Kier molecular flexibility index (Phi) is 11.8. The summed E-state index contributed by atoms with van der Waals surface area (Å²) in [7, 11) is 0. The fourth-order valence-electron chi connectivity index (χ4n) is 5.60. The Morgan fingerprint density at radius 3 is 2.71 bits per heavy atom. The molecule has 262 valence electrons. The molecule has 1 aliphatic carbocycles. The predicted octanol–water partition coefficient (Wildman–Crippen LogP) is 4.46. The first-order valence-electron chi connectivity index (χ1n) is 16.5. The van der Waals surface area contributed by atoms with E-state index < -0.39 is 30.3 Å². The number of aliphatic imine (C=N–C) groups is 1. The highest BCUT2D eigenvalue weighted by Gasteiger charge is 2.30. The van der Waals surface area contributed by atoms with Crippen molar-refractivity contribution in [2.75, 3.05) is 31.6 Å². The number of nitrogens with zero attached hydrogens (tertiary/aromatic N) is 4. The minimum atomic E-state index is -1.16. The Morgan fingerprint density at radius 1 is 1.12 bits per heavy atom. The van der Waals surface area contributed by atoms with E-state index >= 15 is 0 Å². The van der Waals surface area contributed by atoms with Crippen molar-refractivity contribution in [1.82, 2.24) is 20.2 Å². The Balaban J connectivity index is 1.09. The van der Waals surface area contributed by atoms with Crippen molar-refractivity contribution in [2.45, 2.75) is 83.6 Å². The maximum atomic E-state index is 13.1. The molecule has 0 spiro atoms. The molecule has 0 fully saturated rings. The summed E-state index contributed by atoms with van der Waals surface area (Å²) in [6, 6.07) is 9.22. The van der Waals surface area contributed by atoms with Gasteiger partial charge in [-0.25, -0.2) is 4.79 Å². The van der Waals surface area contributed by atoms with Crippen LogP contribution in [0, 0.1) is 0 Å². The zero-order valence-corrected chi connectivity index (χ0v) is 29.8. The zero-order valence-electron chi connectivity index (χ0n) is 28.2. The molecule has 3 atom stereocenters. The molecular formula is C35H43BrN6O7. The third-order valence-electron chi connectivity index (χ3n) is 8.12. The smallest absolute Gasteiger partial charge is 0.347 e. The first kappa shape index (κ1) is 36.1. The summed E-state index contributed by atoms with van der Waals surface area (Å²) in [5.74, 6) is -0.635. The van der Waals surface area contributed by atoms with Crippen molar-refractivity contribution in [3.8, 4) is 5.75 Å². The number of esters is 2. The molecule has 5 rings (SSSR count). The van der Waals surface area contributed by atoms with Crippen molar-refractivity contribution < 1.29 is 33.7 Å². The van der Waals surface area contributed by atoms with Crippen LogP contribution in [0.5, 0.6) is 5.75 Å². The third-order valence-corrected chi connectivity index (χ3v) is 8.92. The number of halogens is 1. The molecule has 3 aromatic rings. The van der Waals surface area contributed by atoms with Crippen LogP contribution in [0.4, 0.5) is 5.69 Å². The van der Waals surface area contributed by atoms with E-state index in [9.17, 15) is 19.5 Å². The average molecular weight is 740 g/mol. The van der Waals surface area contributed by atoms with Crippen LogP contribution in [0.3, 0.4) is 0 Å². The molecule has 0 saturated heterocycles. The topological polar surface area (TPSA) is 165 Å². The maximum Gasteiger partial charge on any atom is 0.347 e. The minimum Gasteiger partial charge on any atom is -0.491 e. The lowest BCUT2D eigenvalue weighted by atomic mass is 9.88. The Bertz CT molecular complexity index is 1710. The van der Waals surface area contributed by atoms with E-state index in [0.29, 0.717) is 53.4 Å². The first-order chi connectivity index (χ1) is 23.4. The van der Waals surface area contributed by atoms with Gasteiger partial charge >= 0.3 is 11.9 Å². The molecule has 0 saturated carbocycles. The average Bonchev–Trinajstić information content (AvgIpc) is 3.54. The molecular weight excluding hydrogens is 696 g/mol. The van der Waals surface area contributed by atoms with Gasteiger partial charge in [0.05, 0.1) is 28.6 Å². The van der Waals surface area contributed by atoms with Crippen LogP contribution in [0.15, 0.2) is 52.2 Å². The van der Waals surface area contributed by atoms with Gasteiger partial charge in [-0.05, 0) is 86.6 Å². The summed E-state index contributed by atoms with van der Waals surface area (Å²) < 4.78 is 17.8. The SMILES string of the molecule is CC(OC(=O)CCC(=O)N1CCN=C1Nc1ccc2nccnc2c1Br)C(=O)OC1CCCc2c(OCC(O)CNC(C)(C)C)cccc21. The third kappa shape index (κ3) is 9.52. The molecule has 1 amide bonds. The van der Waals surface area contributed by atoms with Crippen molar-refractivity contribution in [2.24, 2.45) is 4.99 Å². The lowest BCUT2D eigenvalue weighted by Crippen LogP contribution is -2.42. The number of fused-ring (bicyclic) bond motifs is 2. The number of carbonyl (C=O) groups excluding carboxylic acids is 3. The highest BCUT2D eigenvalue weighted by molar-refractivity contribution is 9.10. The summed E-state index contributed by atoms with van der Waals surface area (Å²) in [5, 5.41) is 16.8. The number of hydrogen-bond donors (Lipinski definition) is 3. The van der Waals surface area contributed by atoms with E-state index in [4.69, 9.17) is 14.2 Å².